The number of para-hydroxylation sites is 1. The number of nitrogens with two attached hydrogens (primary N) is 1. The van der Waals surface area contributed by atoms with Crippen LogP contribution >= 0.6 is 0 Å². The van der Waals surface area contributed by atoms with Crippen LogP contribution in [0.4, 0.5) is 5.69 Å². The standard InChI is InChI=1S/C16H26N2O/c1-10(2)13-7-6-8-14(11(3)4)16(13)18-15(19)9-12(5)17/h6-8,10-12H,9,17H2,1-5H3,(H,18,19). The lowest BCUT2D eigenvalue weighted by Crippen LogP contribution is -2.25. The fraction of sp³-hybridized carbons (Fsp3) is 0.562. The third kappa shape index (κ3) is 4.35. The van der Waals surface area contributed by atoms with Crippen LogP contribution in [-0.4, -0.2) is 11.9 Å². The average Bonchev–Trinajstić information content (AvgIpc) is 2.27. The summed E-state index contributed by atoms with van der Waals surface area (Å²) >= 11 is 0. The molecule has 0 fully saturated rings. The Labute approximate surface area is 116 Å². The maximum absolute atomic E-state index is 12.0. The highest BCUT2D eigenvalue weighted by Gasteiger charge is 2.16. The van der Waals surface area contributed by atoms with E-state index in [-0.39, 0.29) is 11.9 Å². The van der Waals surface area contributed by atoms with Crippen LogP contribution in [0.3, 0.4) is 0 Å². The molecule has 3 N–H and O–H groups in total. The van der Waals surface area contributed by atoms with E-state index in [1.807, 2.05) is 6.92 Å². The Kier molecular flexibility index (Phi) is 5.55. The minimum absolute atomic E-state index is 0.00926. The average molecular weight is 262 g/mol. The second-order valence-corrected chi connectivity index (χ2v) is 5.85. The van der Waals surface area contributed by atoms with Crippen LogP contribution in [-0.2, 0) is 4.79 Å². The molecule has 1 aromatic rings. The molecule has 0 aliphatic carbocycles. The van der Waals surface area contributed by atoms with Crippen LogP contribution in [0.2, 0.25) is 0 Å². The number of hydrogen-bond donors (Lipinski definition) is 2. The number of anilines is 1. The van der Waals surface area contributed by atoms with E-state index < -0.39 is 0 Å². The number of carbonyl (C=O) groups excluding carboxylic acids is 1. The zero-order valence-electron chi connectivity index (χ0n) is 12.7. The number of amides is 1. The van der Waals surface area contributed by atoms with Crippen molar-refractivity contribution in [2.45, 2.75) is 58.9 Å². The number of benzene rings is 1. The van der Waals surface area contributed by atoms with Gasteiger partial charge in [-0.05, 0) is 29.9 Å². The zero-order chi connectivity index (χ0) is 14.6. The van der Waals surface area contributed by atoms with Crippen LogP contribution in [0.5, 0.6) is 0 Å². The minimum atomic E-state index is -0.117. The maximum Gasteiger partial charge on any atom is 0.225 e. The van der Waals surface area contributed by atoms with E-state index >= 15 is 0 Å². The van der Waals surface area contributed by atoms with E-state index in [9.17, 15) is 4.79 Å². The topological polar surface area (TPSA) is 55.1 Å². The van der Waals surface area contributed by atoms with E-state index in [4.69, 9.17) is 5.73 Å². The van der Waals surface area contributed by atoms with E-state index in [0.29, 0.717) is 18.3 Å². The molecule has 0 saturated carbocycles. The van der Waals surface area contributed by atoms with Crippen LogP contribution < -0.4 is 11.1 Å². The quantitative estimate of drug-likeness (QED) is 0.851. The van der Waals surface area contributed by atoms with E-state index in [1.54, 1.807) is 0 Å². The molecule has 19 heavy (non-hydrogen) atoms. The predicted octanol–water partition coefficient (Wildman–Crippen LogP) is 3.61. The van der Waals surface area contributed by atoms with Gasteiger partial charge in [0.05, 0.1) is 0 Å². The van der Waals surface area contributed by atoms with Crippen molar-refractivity contribution in [2.24, 2.45) is 5.73 Å². The van der Waals surface area contributed by atoms with Gasteiger partial charge < -0.3 is 11.1 Å². The maximum atomic E-state index is 12.0. The molecule has 0 aromatic heterocycles. The Morgan fingerprint density at radius 2 is 1.58 bits per heavy atom. The molecule has 0 saturated heterocycles. The molecule has 0 aliphatic heterocycles. The van der Waals surface area contributed by atoms with Crippen LogP contribution in [0.1, 0.15) is 64.0 Å². The van der Waals surface area contributed by atoms with Crippen molar-refractivity contribution in [2.75, 3.05) is 5.32 Å². The lowest BCUT2D eigenvalue weighted by molar-refractivity contribution is -0.116. The van der Waals surface area contributed by atoms with Gasteiger partial charge in [0.25, 0.3) is 0 Å². The zero-order valence-corrected chi connectivity index (χ0v) is 12.7. The summed E-state index contributed by atoms with van der Waals surface area (Å²) in [6.45, 7) is 10.4. The van der Waals surface area contributed by atoms with Gasteiger partial charge in [-0.1, -0.05) is 45.9 Å². The van der Waals surface area contributed by atoms with Crippen molar-refractivity contribution in [3.8, 4) is 0 Å². The van der Waals surface area contributed by atoms with E-state index in [1.165, 1.54) is 11.1 Å². The second-order valence-electron chi connectivity index (χ2n) is 5.85. The van der Waals surface area contributed by atoms with Crippen molar-refractivity contribution in [1.82, 2.24) is 0 Å². The molecule has 0 aliphatic rings. The molecule has 1 rings (SSSR count). The molecule has 3 nitrogen and oxygen atoms in total. The van der Waals surface area contributed by atoms with E-state index in [2.05, 4.69) is 51.2 Å². The summed E-state index contributed by atoms with van der Waals surface area (Å²) in [7, 11) is 0. The fourth-order valence-corrected chi connectivity index (χ4v) is 2.18. The summed E-state index contributed by atoms with van der Waals surface area (Å²) in [5.74, 6) is 0.749. The summed E-state index contributed by atoms with van der Waals surface area (Å²) in [5, 5.41) is 3.05. The number of hydrogen-bond acceptors (Lipinski definition) is 2. The third-order valence-corrected chi connectivity index (χ3v) is 3.14. The number of nitrogens with one attached hydrogen (secondary N) is 1. The normalized spacial score (nSPS) is 12.8. The lowest BCUT2D eigenvalue weighted by atomic mass is 9.92. The summed E-state index contributed by atoms with van der Waals surface area (Å²) in [5.41, 5.74) is 9.02. The molecular weight excluding hydrogens is 236 g/mol. The minimum Gasteiger partial charge on any atom is -0.327 e. The number of rotatable bonds is 5. The third-order valence-electron chi connectivity index (χ3n) is 3.14. The van der Waals surface area contributed by atoms with Gasteiger partial charge in [0.2, 0.25) is 5.91 Å². The van der Waals surface area contributed by atoms with Crippen molar-refractivity contribution >= 4 is 11.6 Å². The Morgan fingerprint density at radius 1 is 1.11 bits per heavy atom. The Morgan fingerprint density at radius 3 is 1.95 bits per heavy atom. The molecule has 1 unspecified atom stereocenters. The molecule has 0 heterocycles. The molecule has 1 amide bonds. The molecule has 1 atom stereocenters. The van der Waals surface area contributed by atoms with Crippen LogP contribution in [0.15, 0.2) is 18.2 Å². The molecule has 106 valence electrons. The monoisotopic (exact) mass is 262 g/mol. The van der Waals surface area contributed by atoms with Gasteiger partial charge in [-0.15, -0.1) is 0 Å². The van der Waals surface area contributed by atoms with Gasteiger partial charge in [-0.2, -0.15) is 0 Å². The van der Waals surface area contributed by atoms with Gasteiger partial charge in [0.1, 0.15) is 0 Å². The van der Waals surface area contributed by atoms with E-state index in [0.717, 1.165) is 5.69 Å². The molecule has 0 spiro atoms. The summed E-state index contributed by atoms with van der Waals surface area (Å²) in [6.07, 6.45) is 0.351. The number of carbonyl (C=O) groups is 1. The van der Waals surface area contributed by atoms with Gasteiger partial charge in [0, 0.05) is 18.2 Å². The largest absolute Gasteiger partial charge is 0.327 e. The fourth-order valence-electron chi connectivity index (χ4n) is 2.18. The predicted molar refractivity (Wildman–Crippen MR) is 81.5 cm³/mol. The van der Waals surface area contributed by atoms with Gasteiger partial charge in [-0.25, -0.2) is 0 Å². The van der Waals surface area contributed by atoms with Crippen molar-refractivity contribution < 1.29 is 4.79 Å². The molecule has 1 aromatic carbocycles. The molecular formula is C16H26N2O. The van der Waals surface area contributed by atoms with Gasteiger partial charge in [-0.3, -0.25) is 4.79 Å². The Bertz CT molecular complexity index is 410. The van der Waals surface area contributed by atoms with Crippen molar-refractivity contribution in [1.29, 1.82) is 0 Å². The first-order valence-electron chi connectivity index (χ1n) is 7.01. The van der Waals surface area contributed by atoms with Crippen molar-refractivity contribution in [3.63, 3.8) is 0 Å². The molecule has 0 bridgehead atoms. The van der Waals surface area contributed by atoms with Crippen LogP contribution in [0, 0.1) is 0 Å². The second kappa shape index (κ2) is 6.71. The molecule has 0 radical (unpaired) electrons. The first kappa shape index (κ1) is 15.7. The van der Waals surface area contributed by atoms with Crippen molar-refractivity contribution in [3.05, 3.63) is 29.3 Å². The summed E-state index contributed by atoms with van der Waals surface area (Å²) < 4.78 is 0. The highest BCUT2D eigenvalue weighted by atomic mass is 16.1. The Balaban J connectivity index is 3.11. The summed E-state index contributed by atoms with van der Waals surface area (Å²) in [4.78, 5) is 12.0. The van der Waals surface area contributed by atoms with Crippen LogP contribution in [0.25, 0.3) is 0 Å². The highest BCUT2D eigenvalue weighted by Crippen LogP contribution is 2.32. The van der Waals surface area contributed by atoms with Gasteiger partial charge >= 0.3 is 0 Å². The highest BCUT2D eigenvalue weighted by molar-refractivity contribution is 5.93. The summed E-state index contributed by atoms with van der Waals surface area (Å²) in [6, 6.07) is 6.11. The smallest absolute Gasteiger partial charge is 0.225 e. The molecule has 3 heteroatoms. The lowest BCUT2D eigenvalue weighted by Gasteiger charge is -2.20. The SMILES string of the molecule is CC(N)CC(=O)Nc1c(C(C)C)cccc1C(C)C. The first-order valence-corrected chi connectivity index (χ1v) is 7.01. The first-order chi connectivity index (χ1) is 8.82. The van der Waals surface area contributed by atoms with Gasteiger partial charge in [0.15, 0.2) is 0 Å². The Hall–Kier alpha value is -1.35.